The van der Waals surface area contributed by atoms with Crippen LogP contribution in [0.4, 0.5) is 0 Å². The predicted octanol–water partition coefficient (Wildman–Crippen LogP) is 3.20. The maximum absolute atomic E-state index is 12.2. The van der Waals surface area contributed by atoms with Crippen LogP contribution in [0.3, 0.4) is 0 Å². The highest BCUT2D eigenvalue weighted by Crippen LogP contribution is 2.29. The van der Waals surface area contributed by atoms with Crippen LogP contribution in [0.2, 0.25) is 0 Å². The summed E-state index contributed by atoms with van der Waals surface area (Å²) >= 11 is 0. The number of nitrogens with one attached hydrogen (secondary N) is 1. The molecule has 2 rings (SSSR count). The van der Waals surface area contributed by atoms with Gasteiger partial charge in [0.1, 0.15) is 0 Å². The highest BCUT2D eigenvalue weighted by molar-refractivity contribution is 5.76. The Morgan fingerprint density at radius 1 is 1.10 bits per heavy atom. The Bertz CT molecular complexity index is 279. The van der Waals surface area contributed by atoms with Gasteiger partial charge in [0, 0.05) is 19.5 Å². The van der Waals surface area contributed by atoms with Crippen LogP contribution < -0.4 is 5.32 Å². The molecule has 0 aromatic carbocycles. The molecule has 0 bridgehead atoms. The second-order valence-electron chi connectivity index (χ2n) is 6.67. The molecule has 0 aromatic heterocycles. The molecule has 0 unspecified atom stereocenters. The van der Waals surface area contributed by atoms with Crippen molar-refractivity contribution in [1.82, 2.24) is 10.2 Å². The zero-order valence-electron chi connectivity index (χ0n) is 13.2. The molecule has 1 aliphatic carbocycles. The minimum absolute atomic E-state index is 0.407. The molecule has 1 heterocycles. The van der Waals surface area contributed by atoms with E-state index in [1.165, 1.54) is 44.9 Å². The lowest BCUT2D eigenvalue weighted by Gasteiger charge is -2.32. The molecule has 116 valence electrons. The van der Waals surface area contributed by atoms with Crippen molar-refractivity contribution in [2.45, 2.75) is 64.7 Å². The highest BCUT2D eigenvalue weighted by Gasteiger charge is 2.22. The first-order valence-corrected chi connectivity index (χ1v) is 8.78. The normalized spacial score (nSPS) is 21.6. The fourth-order valence-corrected chi connectivity index (χ4v) is 3.73. The maximum Gasteiger partial charge on any atom is 0.222 e. The zero-order valence-corrected chi connectivity index (χ0v) is 13.2. The van der Waals surface area contributed by atoms with Crippen molar-refractivity contribution in [3.05, 3.63) is 0 Å². The van der Waals surface area contributed by atoms with Crippen LogP contribution in [0.25, 0.3) is 0 Å². The summed E-state index contributed by atoms with van der Waals surface area (Å²) in [6, 6.07) is 0. The molecule has 20 heavy (non-hydrogen) atoms. The van der Waals surface area contributed by atoms with E-state index >= 15 is 0 Å². The van der Waals surface area contributed by atoms with Gasteiger partial charge in [-0.2, -0.15) is 0 Å². The van der Waals surface area contributed by atoms with Gasteiger partial charge in [0.25, 0.3) is 0 Å². The Balaban J connectivity index is 1.56. The van der Waals surface area contributed by atoms with Gasteiger partial charge in [0.05, 0.1) is 0 Å². The summed E-state index contributed by atoms with van der Waals surface area (Å²) in [5.74, 6) is 2.11. The van der Waals surface area contributed by atoms with Crippen LogP contribution in [0.1, 0.15) is 64.7 Å². The van der Waals surface area contributed by atoms with Gasteiger partial charge in [0.2, 0.25) is 5.91 Å². The molecule has 3 nitrogen and oxygen atoms in total. The third-order valence-electron chi connectivity index (χ3n) is 5.13. The fraction of sp³-hybridized carbons (Fsp3) is 0.941. The third-order valence-corrected chi connectivity index (χ3v) is 5.13. The molecule has 0 atom stereocenters. The summed E-state index contributed by atoms with van der Waals surface area (Å²) in [5.41, 5.74) is 0. The van der Waals surface area contributed by atoms with Crippen molar-refractivity contribution in [1.29, 1.82) is 0 Å². The van der Waals surface area contributed by atoms with Crippen LogP contribution in [-0.2, 0) is 4.79 Å². The second-order valence-corrected chi connectivity index (χ2v) is 6.67. The van der Waals surface area contributed by atoms with Gasteiger partial charge < -0.3 is 10.2 Å². The van der Waals surface area contributed by atoms with Crippen molar-refractivity contribution in [2.24, 2.45) is 11.8 Å². The van der Waals surface area contributed by atoms with Gasteiger partial charge in [-0.1, -0.05) is 32.6 Å². The van der Waals surface area contributed by atoms with Gasteiger partial charge in [-0.15, -0.1) is 0 Å². The summed E-state index contributed by atoms with van der Waals surface area (Å²) in [6.07, 6.45) is 11.2. The summed E-state index contributed by atoms with van der Waals surface area (Å²) in [4.78, 5) is 14.3. The topological polar surface area (TPSA) is 32.3 Å². The molecule has 1 saturated carbocycles. The van der Waals surface area contributed by atoms with E-state index in [2.05, 4.69) is 17.1 Å². The molecular formula is C17H32N2O. The average Bonchev–Trinajstić information content (AvgIpc) is 2.99. The quantitative estimate of drug-likeness (QED) is 0.777. The number of rotatable bonds is 7. The lowest BCUT2D eigenvalue weighted by atomic mass is 9.96. The molecule has 1 aliphatic heterocycles. The van der Waals surface area contributed by atoms with E-state index in [-0.39, 0.29) is 0 Å². The SMILES string of the molecule is CCNCC1CCN(C(=O)CCCC2CCCC2)CC1. The Morgan fingerprint density at radius 3 is 2.45 bits per heavy atom. The first kappa shape index (κ1) is 15.8. The smallest absolute Gasteiger partial charge is 0.222 e. The summed E-state index contributed by atoms with van der Waals surface area (Å²) in [7, 11) is 0. The Morgan fingerprint density at radius 2 is 1.80 bits per heavy atom. The van der Waals surface area contributed by atoms with Gasteiger partial charge in [-0.3, -0.25) is 4.79 Å². The third kappa shape index (κ3) is 5.08. The number of likely N-dealkylation sites (tertiary alicyclic amines) is 1. The van der Waals surface area contributed by atoms with E-state index < -0.39 is 0 Å². The van der Waals surface area contributed by atoms with Crippen molar-refractivity contribution in [3.8, 4) is 0 Å². The number of piperidine rings is 1. The minimum Gasteiger partial charge on any atom is -0.343 e. The Kier molecular flexibility index (Phi) is 6.85. The molecule has 2 fully saturated rings. The molecule has 0 spiro atoms. The minimum atomic E-state index is 0.407. The molecule has 3 heteroatoms. The standard InChI is InChI=1S/C17H32N2O/c1-2-18-14-16-10-12-19(13-11-16)17(20)9-5-8-15-6-3-4-7-15/h15-16,18H,2-14H2,1H3. The van der Waals surface area contributed by atoms with E-state index in [1.807, 2.05) is 0 Å². The lowest BCUT2D eigenvalue weighted by Crippen LogP contribution is -2.40. The van der Waals surface area contributed by atoms with E-state index in [1.54, 1.807) is 0 Å². The van der Waals surface area contributed by atoms with Crippen molar-refractivity contribution < 1.29 is 4.79 Å². The maximum atomic E-state index is 12.2. The average molecular weight is 280 g/mol. The van der Waals surface area contributed by atoms with Gasteiger partial charge >= 0.3 is 0 Å². The number of amides is 1. The van der Waals surface area contributed by atoms with E-state index in [0.29, 0.717) is 5.91 Å². The Labute approximate surface area is 124 Å². The van der Waals surface area contributed by atoms with Gasteiger partial charge in [-0.25, -0.2) is 0 Å². The molecule has 1 amide bonds. The monoisotopic (exact) mass is 280 g/mol. The highest BCUT2D eigenvalue weighted by atomic mass is 16.2. The zero-order chi connectivity index (χ0) is 14.2. The van der Waals surface area contributed by atoms with Crippen molar-refractivity contribution in [3.63, 3.8) is 0 Å². The molecule has 0 aromatic rings. The number of hydrogen-bond donors (Lipinski definition) is 1. The fourth-order valence-electron chi connectivity index (χ4n) is 3.73. The van der Waals surface area contributed by atoms with E-state index in [0.717, 1.165) is 50.9 Å². The molecule has 1 saturated heterocycles. The summed E-state index contributed by atoms with van der Waals surface area (Å²) < 4.78 is 0. The lowest BCUT2D eigenvalue weighted by molar-refractivity contribution is -0.132. The first-order valence-electron chi connectivity index (χ1n) is 8.78. The van der Waals surface area contributed by atoms with Crippen molar-refractivity contribution >= 4 is 5.91 Å². The van der Waals surface area contributed by atoms with Crippen LogP contribution in [0, 0.1) is 11.8 Å². The Hall–Kier alpha value is -0.570. The molecular weight excluding hydrogens is 248 g/mol. The largest absolute Gasteiger partial charge is 0.343 e. The number of hydrogen-bond acceptors (Lipinski definition) is 2. The van der Waals surface area contributed by atoms with E-state index in [4.69, 9.17) is 0 Å². The van der Waals surface area contributed by atoms with Gasteiger partial charge in [-0.05, 0) is 50.6 Å². The molecule has 0 radical (unpaired) electrons. The van der Waals surface area contributed by atoms with Crippen LogP contribution in [0.15, 0.2) is 0 Å². The van der Waals surface area contributed by atoms with E-state index in [9.17, 15) is 4.79 Å². The molecule has 1 N–H and O–H groups in total. The van der Waals surface area contributed by atoms with Crippen molar-refractivity contribution in [2.75, 3.05) is 26.2 Å². The van der Waals surface area contributed by atoms with Crippen LogP contribution >= 0.6 is 0 Å². The molecule has 2 aliphatic rings. The first-order chi connectivity index (χ1) is 9.79. The summed E-state index contributed by atoms with van der Waals surface area (Å²) in [6.45, 7) is 6.31. The number of carbonyl (C=O) groups excluding carboxylic acids is 1. The number of nitrogens with zero attached hydrogens (tertiary/aromatic N) is 1. The van der Waals surface area contributed by atoms with Crippen LogP contribution in [0.5, 0.6) is 0 Å². The second kappa shape index (κ2) is 8.66. The summed E-state index contributed by atoms with van der Waals surface area (Å²) in [5, 5.41) is 3.42. The van der Waals surface area contributed by atoms with Crippen LogP contribution in [-0.4, -0.2) is 37.0 Å². The van der Waals surface area contributed by atoms with Gasteiger partial charge in [0.15, 0.2) is 0 Å². The number of carbonyl (C=O) groups is 1. The predicted molar refractivity (Wildman–Crippen MR) is 83.7 cm³/mol.